The molecule has 1 aromatic carbocycles. The molecule has 0 N–H and O–H groups in total. The summed E-state index contributed by atoms with van der Waals surface area (Å²) in [6.07, 6.45) is 1.56. The molecule has 0 aliphatic heterocycles. The van der Waals surface area contributed by atoms with Crippen molar-refractivity contribution in [2.45, 2.75) is 6.92 Å². The van der Waals surface area contributed by atoms with Gasteiger partial charge in [-0.2, -0.15) is 0 Å². The van der Waals surface area contributed by atoms with Crippen LogP contribution in [-0.2, 0) is 4.74 Å². The van der Waals surface area contributed by atoms with Gasteiger partial charge in [0.1, 0.15) is 5.56 Å². The van der Waals surface area contributed by atoms with Gasteiger partial charge in [0.15, 0.2) is 5.43 Å². The third-order valence-corrected chi connectivity index (χ3v) is 6.40. The molecule has 27 heavy (non-hydrogen) atoms. The summed E-state index contributed by atoms with van der Waals surface area (Å²) in [6, 6.07) is 11.2. The van der Waals surface area contributed by atoms with Gasteiger partial charge in [0.2, 0.25) is 0 Å². The molecule has 136 valence electrons. The van der Waals surface area contributed by atoms with Gasteiger partial charge >= 0.3 is 5.97 Å². The highest BCUT2D eigenvalue weighted by Gasteiger charge is 2.17. The van der Waals surface area contributed by atoms with Crippen molar-refractivity contribution in [1.82, 2.24) is 9.55 Å². The summed E-state index contributed by atoms with van der Waals surface area (Å²) in [4.78, 5) is 30.0. The summed E-state index contributed by atoms with van der Waals surface area (Å²) in [6.45, 7) is 1.93. The van der Waals surface area contributed by atoms with Gasteiger partial charge in [0.05, 0.1) is 36.7 Å². The highest BCUT2D eigenvalue weighted by Crippen LogP contribution is 2.33. The van der Waals surface area contributed by atoms with Crippen molar-refractivity contribution in [1.29, 1.82) is 0 Å². The van der Waals surface area contributed by atoms with E-state index in [1.807, 2.05) is 34.9 Å². The highest BCUT2D eigenvalue weighted by molar-refractivity contribution is 9.11. The average Bonchev–Trinajstić information content (AvgIpc) is 3.29. The monoisotopic (exact) mass is 460 g/mol. The highest BCUT2D eigenvalue weighted by atomic mass is 79.9. The first-order valence-electron chi connectivity index (χ1n) is 8.10. The van der Waals surface area contributed by atoms with Crippen molar-refractivity contribution in [2.75, 3.05) is 6.61 Å². The third kappa shape index (κ3) is 3.47. The van der Waals surface area contributed by atoms with Crippen LogP contribution in [-0.4, -0.2) is 22.1 Å². The molecule has 0 radical (unpaired) electrons. The van der Waals surface area contributed by atoms with Crippen molar-refractivity contribution in [3.05, 3.63) is 67.7 Å². The molecule has 0 spiro atoms. The standard InChI is InChI=1S/C19H13BrN2O3S2/c1-2-25-19(24)12-9-22(11-3-4-13-17(7-11)26-10-21-13)14(8-15(12)23)16-5-6-18(20)27-16/h3-10H,2H2,1H3. The molecule has 0 aliphatic carbocycles. The van der Waals surface area contributed by atoms with E-state index in [9.17, 15) is 9.59 Å². The number of benzene rings is 1. The quantitative estimate of drug-likeness (QED) is 0.396. The van der Waals surface area contributed by atoms with Crippen LogP contribution in [0.2, 0.25) is 0 Å². The Bertz CT molecular complexity index is 1210. The van der Waals surface area contributed by atoms with Crippen LogP contribution < -0.4 is 5.43 Å². The van der Waals surface area contributed by atoms with E-state index >= 15 is 0 Å². The number of thiazole rings is 1. The number of nitrogens with zero attached hydrogens (tertiary/aromatic N) is 2. The lowest BCUT2D eigenvalue weighted by molar-refractivity contribution is 0.0524. The van der Waals surface area contributed by atoms with Gasteiger partial charge in [0, 0.05) is 18.0 Å². The van der Waals surface area contributed by atoms with Gasteiger partial charge in [0.25, 0.3) is 0 Å². The van der Waals surface area contributed by atoms with Crippen molar-refractivity contribution in [3.63, 3.8) is 0 Å². The number of hydrogen-bond donors (Lipinski definition) is 0. The van der Waals surface area contributed by atoms with Crippen LogP contribution in [0.15, 0.2) is 56.7 Å². The lowest BCUT2D eigenvalue weighted by Crippen LogP contribution is -2.20. The Labute approximate surface area is 171 Å². The summed E-state index contributed by atoms with van der Waals surface area (Å²) in [5.41, 5.74) is 3.92. The summed E-state index contributed by atoms with van der Waals surface area (Å²) in [7, 11) is 0. The number of rotatable bonds is 4. The van der Waals surface area contributed by atoms with Crippen LogP contribution >= 0.6 is 38.6 Å². The lowest BCUT2D eigenvalue weighted by Gasteiger charge is -2.14. The number of thiophene rings is 1. The minimum absolute atomic E-state index is 0.0145. The van der Waals surface area contributed by atoms with Crippen molar-refractivity contribution >= 4 is 54.8 Å². The molecule has 0 saturated heterocycles. The molecule has 0 unspecified atom stereocenters. The molecule has 0 saturated carbocycles. The number of halogens is 1. The molecule has 0 aliphatic rings. The van der Waals surface area contributed by atoms with Gasteiger partial charge in [-0.05, 0) is 53.2 Å². The van der Waals surface area contributed by atoms with Gasteiger partial charge in [-0.1, -0.05) is 0 Å². The van der Waals surface area contributed by atoms with E-state index in [1.54, 1.807) is 30.0 Å². The summed E-state index contributed by atoms with van der Waals surface area (Å²) < 4.78 is 8.89. The molecule has 3 heterocycles. The fourth-order valence-corrected chi connectivity index (χ4v) is 4.85. The Morgan fingerprint density at radius 1 is 1.26 bits per heavy atom. The van der Waals surface area contributed by atoms with Crippen LogP contribution in [0, 0.1) is 0 Å². The van der Waals surface area contributed by atoms with Crippen LogP contribution in [0.25, 0.3) is 26.5 Å². The fraction of sp³-hybridized carbons (Fsp3) is 0.105. The normalized spacial score (nSPS) is 11.0. The minimum Gasteiger partial charge on any atom is -0.462 e. The summed E-state index contributed by atoms with van der Waals surface area (Å²) >= 11 is 6.52. The Morgan fingerprint density at radius 2 is 2.11 bits per heavy atom. The zero-order chi connectivity index (χ0) is 19.0. The largest absolute Gasteiger partial charge is 0.462 e. The van der Waals surface area contributed by atoms with E-state index in [2.05, 4.69) is 20.9 Å². The molecular weight excluding hydrogens is 448 g/mol. The zero-order valence-corrected chi connectivity index (χ0v) is 17.4. The Hall–Kier alpha value is -2.29. The van der Waals surface area contributed by atoms with E-state index in [0.717, 1.165) is 24.6 Å². The maximum atomic E-state index is 12.6. The average molecular weight is 461 g/mol. The predicted octanol–water partition coefficient (Wildman–Crippen LogP) is 5.11. The maximum absolute atomic E-state index is 12.6. The molecule has 0 fully saturated rings. The maximum Gasteiger partial charge on any atom is 0.343 e. The molecule has 8 heteroatoms. The Balaban J connectivity index is 1.96. The number of carbonyl (C=O) groups is 1. The van der Waals surface area contributed by atoms with Crippen LogP contribution in [0.3, 0.4) is 0 Å². The van der Waals surface area contributed by atoms with E-state index in [0.29, 0.717) is 5.69 Å². The van der Waals surface area contributed by atoms with Gasteiger partial charge in [-0.15, -0.1) is 22.7 Å². The number of carbonyl (C=O) groups excluding carboxylic acids is 1. The van der Waals surface area contributed by atoms with E-state index in [1.165, 1.54) is 17.4 Å². The fourth-order valence-electron chi connectivity index (χ4n) is 2.74. The van der Waals surface area contributed by atoms with Crippen molar-refractivity contribution in [3.8, 4) is 16.3 Å². The number of hydrogen-bond acceptors (Lipinski definition) is 6. The molecule has 4 aromatic rings. The second-order valence-corrected chi connectivity index (χ2v) is 8.98. The first-order valence-corrected chi connectivity index (χ1v) is 10.6. The molecular formula is C19H13BrN2O3S2. The van der Waals surface area contributed by atoms with Crippen molar-refractivity contribution in [2.24, 2.45) is 0 Å². The molecule has 0 bridgehead atoms. The number of ether oxygens (including phenoxy) is 1. The Kier molecular flexibility index (Phi) is 4.94. The molecule has 3 aromatic heterocycles. The van der Waals surface area contributed by atoms with Gasteiger partial charge in [-0.25, -0.2) is 9.78 Å². The smallest absolute Gasteiger partial charge is 0.343 e. The third-order valence-electron chi connectivity index (χ3n) is 3.97. The SMILES string of the molecule is CCOC(=O)c1cn(-c2ccc3ncsc3c2)c(-c2ccc(Br)s2)cc1=O. The number of fused-ring (bicyclic) bond motifs is 1. The first kappa shape index (κ1) is 18.1. The molecule has 5 nitrogen and oxygen atoms in total. The van der Waals surface area contributed by atoms with Crippen LogP contribution in [0.4, 0.5) is 0 Å². The number of aromatic nitrogens is 2. The molecule has 0 amide bonds. The van der Waals surface area contributed by atoms with Crippen LogP contribution in [0.5, 0.6) is 0 Å². The van der Waals surface area contributed by atoms with E-state index in [4.69, 9.17) is 4.74 Å². The summed E-state index contributed by atoms with van der Waals surface area (Å²) in [5.74, 6) is -0.617. The van der Waals surface area contributed by atoms with E-state index in [-0.39, 0.29) is 17.6 Å². The topological polar surface area (TPSA) is 61.2 Å². The van der Waals surface area contributed by atoms with E-state index < -0.39 is 5.97 Å². The molecule has 0 atom stereocenters. The van der Waals surface area contributed by atoms with Crippen molar-refractivity contribution < 1.29 is 9.53 Å². The zero-order valence-electron chi connectivity index (χ0n) is 14.1. The number of pyridine rings is 1. The summed E-state index contributed by atoms with van der Waals surface area (Å²) in [5, 5.41) is 0. The number of esters is 1. The minimum atomic E-state index is -0.617. The second kappa shape index (κ2) is 7.38. The van der Waals surface area contributed by atoms with Gasteiger partial charge in [-0.3, -0.25) is 4.79 Å². The second-order valence-electron chi connectivity index (χ2n) is 5.64. The first-order chi connectivity index (χ1) is 13.1. The van der Waals surface area contributed by atoms with Gasteiger partial charge < -0.3 is 9.30 Å². The lowest BCUT2D eigenvalue weighted by atomic mass is 10.2. The predicted molar refractivity (Wildman–Crippen MR) is 112 cm³/mol. The molecule has 4 rings (SSSR count). The van der Waals surface area contributed by atoms with Crippen LogP contribution in [0.1, 0.15) is 17.3 Å². The Morgan fingerprint density at radius 3 is 2.85 bits per heavy atom.